The average Bonchev–Trinajstić information content (AvgIpc) is 2.33. The molecule has 0 saturated heterocycles. The average molecular weight is 225 g/mol. The summed E-state index contributed by atoms with van der Waals surface area (Å²) in [5, 5.41) is 10.9. The van der Waals surface area contributed by atoms with Crippen LogP contribution in [0.25, 0.3) is 0 Å². The van der Waals surface area contributed by atoms with Crippen LogP contribution in [0.5, 0.6) is 0 Å². The van der Waals surface area contributed by atoms with Crippen LogP contribution < -0.4 is 5.73 Å². The summed E-state index contributed by atoms with van der Waals surface area (Å²) in [6, 6.07) is 0.337. The van der Waals surface area contributed by atoms with E-state index in [2.05, 4.69) is 6.92 Å². The summed E-state index contributed by atoms with van der Waals surface area (Å²) in [6.45, 7) is 2.28. The molecule has 94 valence electrons. The molecule has 2 aliphatic rings. The van der Waals surface area contributed by atoms with Crippen LogP contribution in [0.2, 0.25) is 0 Å². The van der Waals surface area contributed by atoms with Gasteiger partial charge >= 0.3 is 0 Å². The summed E-state index contributed by atoms with van der Waals surface area (Å²) in [7, 11) is 0. The van der Waals surface area contributed by atoms with Crippen molar-refractivity contribution >= 4 is 0 Å². The highest BCUT2D eigenvalue weighted by atomic mass is 16.3. The fourth-order valence-corrected chi connectivity index (χ4v) is 3.91. The molecule has 2 nitrogen and oxygen atoms in total. The van der Waals surface area contributed by atoms with E-state index >= 15 is 0 Å². The maximum Gasteiger partial charge on any atom is 0.0679 e. The third kappa shape index (κ3) is 2.43. The Morgan fingerprint density at radius 2 is 1.75 bits per heavy atom. The van der Waals surface area contributed by atoms with Gasteiger partial charge in [0.05, 0.1) is 5.60 Å². The molecule has 0 radical (unpaired) electrons. The first-order chi connectivity index (χ1) is 7.65. The minimum atomic E-state index is -0.378. The molecule has 0 bridgehead atoms. The van der Waals surface area contributed by atoms with Crippen LogP contribution in [0, 0.1) is 11.8 Å². The lowest BCUT2D eigenvalue weighted by atomic mass is 9.64. The molecule has 2 saturated carbocycles. The topological polar surface area (TPSA) is 46.2 Å². The van der Waals surface area contributed by atoms with E-state index in [1.807, 2.05) is 0 Å². The Bertz CT molecular complexity index is 221. The van der Waals surface area contributed by atoms with E-state index in [4.69, 9.17) is 5.73 Å². The van der Waals surface area contributed by atoms with Gasteiger partial charge < -0.3 is 10.8 Å². The van der Waals surface area contributed by atoms with Crippen molar-refractivity contribution in [1.82, 2.24) is 0 Å². The van der Waals surface area contributed by atoms with Gasteiger partial charge in [-0.25, -0.2) is 0 Å². The second-order valence-electron chi connectivity index (χ2n) is 6.00. The molecule has 2 unspecified atom stereocenters. The fraction of sp³-hybridized carbons (Fsp3) is 1.00. The van der Waals surface area contributed by atoms with Crippen molar-refractivity contribution in [2.75, 3.05) is 0 Å². The predicted octanol–water partition coefficient (Wildman–Crippen LogP) is 2.84. The van der Waals surface area contributed by atoms with Gasteiger partial charge in [0.15, 0.2) is 0 Å². The summed E-state index contributed by atoms with van der Waals surface area (Å²) < 4.78 is 0. The molecule has 3 N–H and O–H groups in total. The lowest BCUT2D eigenvalue weighted by molar-refractivity contribution is -0.0853. The molecule has 0 aliphatic heterocycles. The molecule has 2 aliphatic carbocycles. The highest BCUT2D eigenvalue weighted by Gasteiger charge is 2.43. The molecule has 0 aromatic carbocycles. The smallest absolute Gasteiger partial charge is 0.0679 e. The predicted molar refractivity (Wildman–Crippen MR) is 67.1 cm³/mol. The Kier molecular flexibility index (Phi) is 3.91. The van der Waals surface area contributed by atoms with E-state index < -0.39 is 0 Å². The number of aliphatic hydroxyl groups is 1. The number of hydrogen-bond donors (Lipinski definition) is 2. The zero-order valence-electron chi connectivity index (χ0n) is 10.6. The summed E-state index contributed by atoms with van der Waals surface area (Å²) in [5.74, 6) is 1.31. The van der Waals surface area contributed by atoms with E-state index in [1.165, 1.54) is 32.1 Å². The second-order valence-corrected chi connectivity index (χ2v) is 6.00. The van der Waals surface area contributed by atoms with Crippen molar-refractivity contribution in [3.05, 3.63) is 0 Å². The van der Waals surface area contributed by atoms with Crippen LogP contribution in [0.1, 0.15) is 64.7 Å². The summed E-state index contributed by atoms with van der Waals surface area (Å²) in [5.41, 5.74) is 5.56. The molecule has 0 heterocycles. The molecule has 2 fully saturated rings. The van der Waals surface area contributed by atoms with Crippen molar-refractivity contribution in [1.29, 1.82) is 0 Å². The molecule has 16 heavy (non-hydrogen) atoms. The Labute approximate surface area is 99.6 Å². The normalized spacial score (nSPS) is 45.6. The van der Waals surface area contributed by atoms with E-state index in [-0.39, 0.29) is 5.60 Å². The van der Waals surface area contributed by atoms with Gasteiger partial charge in [0.1, 0.15) is 0 Å². The van der Waals surface area contributed by atoms with E-state index in [9.17, 15) is 5.11 Å². The van der Waals surface area contributed by atoms with Crippen molar-refractivity contribution in [3.8, 4) is 0 Å². The fourth-order valence-electron chi connectivity index (χ4n) is 3.91. The van der Waals surface area contributed by atoms with Gasteiger partial charge in [-0.1, -0.05) is 32.6 Å². The van der Waals surface area contributed by atoms with E-state index in [0.717, 1.165) is 31.6 Å². The molecule has 0 amide bonds. The minimum Gasteiger partial charge on any atom is -0.390 e. The summed E-state index contributed by atoms with van der Waals surface area (Å²) in [4.78, 5) is 0. The molecule has 0 aromatic rings. The first kappa shape index (κ1) is 12.4. The molecule has 0 aromatic heterocycles. The van der Waals surface area contributed by atoms with Crippen molar-refractivity contribution in [3.63, 3.8) is 0 Å². The van der Waals surface area contributed by atoms with Gasteiger partial charge in [0.25, 0.3) is 0 Å². The van der Waals surface area contributed by atoms with E-state index in [0.29, 0.717) is 12.0 Å². The van der Waals surface area contributed by atoms with Gasteiger partial charge in [-0.15, -0.1) is 0 Å². The lowest BCUT2D eigenvalue weighted by Gasteiger charge is -2.46. The lowest BCUT2D eigenvalue weighted by Crippen LogP contribution is -2.48. The molecule has 2 rings (SSSR count). The Balaban J connectivity index is 2.03. The Morgan fingerprint density at radius 3 is 2.38 bits per heavy atom. The van der Waals surface area contributed by atoms with Gasteiger partial charge in [0.2, 0.25) is 0 Å². The van der Waals surface area contributed by atoms with E-state index in [1.54, 1.807) is 0 Å². The minimum absolute atomic E-state index is 0.337. The zero-order chi connectivity index (χ0) is 11.6. The second kappa shape index (κ2) is 5.05. The van der Waals surface area contributed by atoms with Gasteiger partial charge in [-0.3, -0.25) is 0 Å². The number of nitrogens with two attached hydrogens (primary N) is 1. The molecule has 2 heteroatoms. The maximum atomic E-state index is 10.9. The molecule has 0 spiro atoms. The first-order valence-corrected chi connectivity index (χ1v) is 7.13. The van der Waals surface area contributed by atoms with Crippen molar-refractivity contribution < 1.29 is 5.11 Å². The highest BCUT2D eigenvalue weighted by Crippen LogP contribution is 2.45. The summed E-state index contributed by atoms with van der Waals surface area (Å²) >= 11 is 0. The van der Waals surface area contributed by atoms with Gasteiger partial charge in [-0.2, -0.15) is 0 Å². The third-order valence-corrected chi connectivity index (χ3v) is 5.02. The van der Waals surface area contributed by atoms with Crippen molar-refractivity contribution in [2.24, 2.45) is 17.6 Å². The number of hydrogen-bond acceptors (Lipinski definition) is 2. The Hall–Kier alpha value is -0.0800. The van der Waals surface area contributed by atoms with Crippen LogP contribution >= 0.6 is 0 Å². The zero-order valence-corrected chi connectivity index (χ0v) is 10.6. The Morgan fingerprint density at radius 1 is 1.12 bits per heavy atom. The quantitative estimate of drug-likeness (QED) is 0.759. The van der Waals surface area contributed by atoms with Crippen LogP contribution in [-0.2, 0) is 0 Å². The largest absolute Gasteiger partial charge is 0.390 e. The van der Waals surface area contributed by atoms with Crippen LogP contribution in [0.15, 0.2) is 0 Å². The van der Waals surface area contributed by atoms with Crippen LogP contribution in [-0.4, -0.2) is 16.7 Å². The molecule has 2 atom stereocenters. The van der Waals surface area contributed by atoms with Crippen LogP contribution in [0.3, 0.4) is 0 Å². The molecular weight excluding hydrogens is 198 g/mol. The summed E-state index contributed by atoms with van der Waals surface area (Å²) in [6.07, 6.45) is 10.4. The third-order valence-electron chi connectivity index (χ3n) is 5.02. The van der Waals surface area contributed by atoms with Gasteiger partial charge in [0, 0.05) is 6.04 Å². The monoisotopic (exact) mass is 225 g/mol. The maximum absolute atomic E-state index is 10.9. The first-order valence-electron chi connectivity index (χ1n) is 7.13. The van der Waals surface area contributed by atoms with Crippen LogP contribution in [0.4, 0.5) is 0 Å². The van der Waals surface area contributed by atoms with Gasteiger partial charge in [-0.05, 0) is 43.9 Å². The standard InChI is InChI=1S/C14H27NO/c1-2-11-5-3-4-6-13(11)14(16)9-7-12(15)8-10-14/h11-13,16H,2-10,15H2,1H3. The highest BCUT2D eigenvalue weighted by molar-refractivity contribution is 4.95. The SMILES string of the molecule is CCC1CCCCC1C1(O)CCC(N)CC1. The number of rotatable bonds is 2. The van der Waals surface area contributed by atoms with Crippen molar-refractivity contribution in [2.45, 2.75) is 76.4 Å². The molecular formula is C14H27NO.